The van der Waals surface area contributed by atoms with Gasteiger partial charge in [-0.1, -0.05) is 66.7 Å². The molecule has 1 atom stereocenters. The number of nitrogens with one attached hydrogen (secondary N) is 1. The van der Waals surface area contributed by atoms with Crippen LogP contribution in [-0.2, 0) is 6.54 Å². The third kappa shape index (κ3) is 3.96. The quantitative estimate of drug-likeness (QED) is 0.601. The summed E-state index contributed by atoms with van der Waals surface area (Å²) in [5.41, 5.74) is 4.36. The molecular weight excluding hydrogens is 398 g/mol. The number of carbonyl (C=O) groups is 1. The average Bonchev–Trinajstić information content (AvgIpc) is 2.84. The zero-order chi connectivity index (χ0) is 21.9. The number of piperidine rings is 1. The van der Waals surface area contributed by atoms with Gasteiger partial charge in [0.05, 0.1) is 13.2 Å². The van der Waals surface area contributed by atoms with Gasteiger partial charge < -0.3 is 15.0 Å². The number of ether oxygens (including phenoxy) is 1. The summed E-state index contributed by atoms with van der Waals surface area (Å²) in [4.78, 5) is 17.9. The fourth-order valence-corrected chi connectivity index (χ4v) is 5.08. The number of rotatable bonds is 5. The van der Waals surface area contributed by atoms with Gasteiger partial charge in [-0.15, -0.1) is 0 Å². The van der Waals surface area contributed by atoms with E-state index in [9.17, 15) is 4.79 Å². The van der Waals surface area contributed by atoms with Gasteiger partial charge in [-0.2, -0.15) is 0 Å². The molecule has 3 aromatic rings. The van der Waals surface area contributed by atoms with Crippen molar-refractivity contribution in [1.29, 1.82) is 0 Å². The highest BCUT2D eigenvalue weighted by molar-refractivity contribution is 5.94. The van der Waals surface area contributed by atoms with E-state index < -0.39 is 0 Å². The zero-order valence-electron chi connectivity index (χ0n) is 18.4. The van der Waals surface area contributed by atoms with Gasteiger partial charge in [0.1, 0.15) is 5.75 Å². The van der Waals surface area contributed by atoms with Crippen molar-refractivity contribution in [2.75, 3.05) is 25.5 Å². The van der Waals surface area contributed by atoms with Crippen LogP contribution in [0.5, 0.6) is 5.75 Å². The summed E-state index contributed by atoms with van der Waals surface area (Å²) in [5, 5.41) is 3.13. The number of amides is 2. The lowest BCUT2D eigenvalue weighted by molar-refractivity contribution is 0.105. The number of hydrogen-bond donors (Lipinski definition) is 1. The Kier molecular flexibility index (Phi) is 5.82. The third-order valence-corrected chi connectivity index (χ3v) is 6.64. The Bertz CT molecular complexity index is 1080. The predicted molar refractivity (Wildman–Crippen MR) is 127 cm³/mol. The number of likely N-dealkylation sites (tertiary alicyclic amines) is 1. The molecule has 0 aliphatic carbocycles. The van der Waals surface area contributed by atoms with E-state index in [0.29, 0.717) is 0 Å². The number of carbonyl (C=O) groups excluding carboxylic acids is 1. The Labute approximate surface area is 189 Å². The fourth-order valence-electron chi connectivity index (χ4n) is 5.08. The molecule has 0 spiro atoms. The first-order valence-corrected chi connectivity index (χ1v) is 11.3. The van der Waals surface area contributed by atoms with E-state index in [1.54, 1.807) is 7.11 Å². The van der Waals surface area contributed by atoms with E-state index in [0.717, 1.165) is 55.0 Å². The van der Waals surface area contributed by atoms with Crippen LogP contribution in [0.15, 0.2) is 78.9 Å². The molecule has 2 heterocycles. The highest BCUT2D eigenvalue weighted by Gasteiger charge is 2.40. The highest BCUT2D eigenvalue weighted by Crippen LogP contribution is 2.43. The molecule has 2 aliphatic rings. The molecule has 5 heteroatoms. The minimum absolute atomic E-state index is 0.0267. The fraction of sp³-hybridized carbons (Fsp3) is 0.296. The number of para-hydroxylation sites is 2. The maximum atomic E-state index is 13.4. The van der Waals surface area contributed by atoms with E-state index in [2.05, 4.69) is 57.6 Å². The van der Waals surface area contributed by atoms with Crippen molar-refractivity contribution in [3.63, 3.8) is 0 Å². The maximum absolute atomic E-state index is 13.4. The number of benzene rings is 3. The summed E-state index contributed by atoms with van der Waals surface area (Å²) in [6.07, 6.45) is 1.90. The van der Waals surface area contributed by atoms with Crippen LogP contribution < -0.4 is 10.1 Å². The first-order valence-electron chi connectivity index (χ1n) is 11.3. The monoisotopic (exact) mass is 427 g/mol. The van der Waals surface area contributed by atoms with E-state index >= 15 is 0 Å². The second-order valence-electron chi connectivity index (χ2n) is 8.56. The van der Waals surface area contributed by atoms with Gasteiger partial charge in [0.25, 0.3) is 0 Å². The Morgan fingerprint density at radius 2 is 1.53 bits per heavy atom. The second kappa shape index (κ2) is 9.05. The predicted octanol–water partition coefficient (Wildman–Crippen LogP) is 5.30. The van der Waals surface area contributed by atoms with E-state index in [1.807, 2.05) is 36.4 Å². The number of urea groups is 1. The summed E-state index contributed by atoms with van der Waals surface area (Å²) >= 11 is 0. The topological polar surface area (TPSA) is 44.8 Å². The SMILES string of the molecule is COc1ccccc1C1c2ccccc2NC(=O)N1C1CCN(Cc2ccccc2)CC1. The second-order valence-corrected chi connectivity index (χ2v) is 8.56. The van der Waals surface area contributed by atoms with Crippen molar-refractivity contribution < 1.29 is 9.53 Å². The lowest BCUT2D eigenvalue weighted by Crippen LogP contribution is -2.52. The van der Waals surface area contributed by atoms with Crippen LogP contribution in [0.25, 0.3) is 0 Å². The number of hydrogen-bond acceptors (Lipinski definition) is 3. The van der Waals surface area contributed by atoms with E-state index in [4.69, 9.17) is 4.74 Å². The van der Waals surface area contributed by atoms with E-state index in [-0.39, 0.29) is 18.1 Å². The van der Waals surface area contributed by atoms with Crippen molar-refractivity contribution >= 4 is 11.7 Å². The molecule has 0 aromatic heterocycles. The van der Waals surface area contributed by atoms with Gasteiger partial charge in [0.2, 0.25) is 0 Å². The Balaban J connectivity index is 1.42. The molecule has 3 aromatic carbocycles. The molecule has 32 heavy (non-hydrogen) atoms. The van der Waals surface area contributed by atoms with Crippen LogP contribution in [0.1, 0.15) is 35.6 Å². The van der Waals surface area contributed by atoms with Gasteiger partial charge in [-0.05, 0) is 30.5 Å². The molecule has 5 rings (SSSR count). The smallest absolute Gasteiger partial charge is 0.322 e. The lowest BCUT2D eigenvalue weighted by atomic mass is 9.90. The van der Waals surface area contributed by atoms with Crippen molar-refractivity contribution in [3.05, 3.63) is 95.6 Å². The van der Waals surface area contributed by atoms with Gasteiger partial charge in [-0.25, -0.2) is 4.79 Å². The Hall–Kier alpha value is -3.31. The molecule has 2 aliphatic heterocycles. The Morgan fingerprint density at radius 1 is 0.875 bits per heavy atom. The standard InChI is InChI=1S/C27H29N3O2/c1-32-25-14-8-6-12-23(25)26-22-11-5-7-13-24(22)28-27(31)30(26)21-15-17-29(18-16-21)19-20-9-3-2-4-10-20/h2-14,21,26H,15-19H2,1H3,(H,28,31). The third-order valence-electron chi connectivity index (χ3n) is 6.64. The van der Waals surface area contributed by atoms with E-state index in [1.165, 1.54) is 5.56 Å². The molecule has 1 fully saturated rings. The van der Waals surface area contributed by atoms with Crippen LogP contribution >= 0.6 is 0 Å². The van der Waals surface area contributed by atoms with Crippen LogP contribution in [0.4, 0.5) is 10.5 Å². The molecule has 0 saturated carbocycles. The molecule has 164 valence electrons. The Morgan fingerprint density at radius 3 is 2.28 bits per heavy atom. The van der Waals surface area contributed by atoms with Gasteiger partial charge >= 0.3 is 6.03 Å². The van der Waals surface area contributed by atoms with Crippen molar-refractivity contribution in [1.82, 2.24) is 9.80 Å². The molecular formula is C27H29N3O2. The van der Waals surface area contributed by atoms with Gasteiger partial charge in [0, 0.05) is 42.5 Å². The molecule has 2 amide bonds. The number of anilines is 1. The van der Waals surface area contributed by atoms with Crippen LogP contribution in [0, 0.1) is 0 Å². The zero-order valence-corrected chi connectivity index (χ0v) is 18.4. The molecule has 0 radical (unpaired) electrons. The molecule has 5 nitrogen and oxygen atoms in total. The number of fused-ring (bicyclic) bond motifs is 1. The van der Waals surface area contributed by atoms with Crippen LogP contribution in [-0.4, -0.2) is 42.1 Å². The lowest BCUT2D eigenvalue weighted by Gasteiger charge is -2.45. The molecule has 1 saturated heterocycles. The summed E-state index contributed by atoms with van der Waals surface area (Å²) in [7, 11) is 1.69. The maximum Gasteiger partial charge on any atom is 0.322 e. The summed E-state index contributed by atoms with van der Waals surface area (Å²) in [6.45, 7) is 2.91. The largest absolute Gasteiger partial charge is 0.496 e. The minimum Gasteiger partial charge on any atom is -0.496 e. The summed E-state index contributed by atoms with van der Waals surface area (Å²) in [6, 6.07) is 26.7. The molecule has 0 bridgehead atoms. The highest BCUT2D eigenvalue weighted by atomic mass is 16.5. The normalized spacial score (nSPS) is 19.3. The van der Waals surface area contributed by atoms with Crippen LogP contribution in [0.2, 0.25) is 0 Å². The molecule has 1 unspecified atom stereocenters. The summed E-state index contributed by atoms with van der Waals surface area (Å²) < 4.78 is 5.70. The summed E-state index contributed by atoms with van der Waals surface area (Å²) in [5.74, 6) is 0.813. The van der Waals surface area contributed by atoms with Crippen molar-refractivity contribution in [2.45, 2.75) is 31.5 Å². The number of nitrogens with zero attached hydrogens (tertiary/aromatic N) is 2. The first-order chi connectivity index (χ1) is 15.7. The van der Waals surface area contributed by atoms with Crippen molar-refractivity contribution in [2.24, 2.45) is 0 Å². The van der Waals surface area contributed by atoms with Gasteiger partial charge in [-0.3, -0.25) is 4.90 Å². The number of methoxy groups -OCH3 is 1. The van der Waals surface area contributed by atoms with Gasteiger partial charge in [0.15, 0.2) is 0 Å². The van der Waals surface area contributed by atoms with Crippen LogP contribution in [0.3, 0.4) is 0 Å². The first kappa shape index (κ1) is 20.6. The van der Waals surface area contributed by atoms with Crippen molar-refractivity contribution in [3.8, 4) is 5.75 Å². The molecule has 1 N–H and O–H groups in total. The average molecular weight is 428 g/mol. The minimum atomic E-state index is -0.165.